The number of imidazole rings is 1. The Morgan fingerprint density at radius 3 is 2.40 bits per heavy atom. The van der Waals surface area contributed by atoms with Gasteiger partial charge in [0.15, 0.2) is 5.75 Å². The van der Waals surface area contributed by atoms with Gasteiger partial charge in [0.1, 0.15) is 11.0 Å². The van der Waals surface area contributed by atoms with E-state index in [1.54, 1.807) is 18.6 Å². The molecule has 0 spiro atoms. The molecule has 2 aromatic carbocycles. The molecule has 1 atom stereocenters. The van der Waals surface area contributed by atoms with E-state index in [0.29, 0.717) is 22.7 Å². The quantitative estimate of drug-likeness (QED) is 0.266. The summed E-state index contributed by atoms with van der Waals surface area (Å²) >= 11 is 0. The molecule has 4 aromatic rings. The fraction of sp³-hybridized carbons (Fsp3) is 0.367. The number of nitrogens with zero attached hydrogens (tertiary/aromatic N) is 4. The van der Waals surface area contributed by atoms with Crippen molar-refractivity contribution in [2.45, 2.75) is 59.9 Å². The normalized spacial score (nSPS) is 12.4. The van der Waals surface area contributed by atoms with Crippen molar-refractivity contribution in [3.63, 3.8) is 0 Å². The molecule has 4 rings (SSSR count). The van der Waals surface area contributed by atoms with E-state index in [4.69, 9.17) is 4.74 Å². The summed E-state index contributed by atoms with van der Waals surface area (Å²) in [7, 11) is 0.208. The SMILES string of the molecule is COc1c(NC(=O)c2ccc(C)c(-n3cnc(-c4cnn(C(C)C)c4C)c3)c2)cc(C(C)(C)C)cc1NS(C)=O. The van der Waals surface area contributed by atoms with E-state index in [0.717, 1.165) is 33.8 Å². The highest BCUT2D eigenvalue weighted by Crippen LogP contribution is 2.39. The lowest BCUT2D eigenvalue weighted by molar-refractivity contribution is 0.102. The van der Waals surface area contributed by atoms with Gasteiger partial charge in [-0.1, -0.05) is 26.8 Å². The van der Waals surface area contributed by atoms with Crippen molar-refractivity contribution >= 4 is 28.3 Å². The summed E-state index contributed by atoms with van der Waals surface area (Å²) < 4.78 is 24.5. The molecule has 2 heterocycles. The number of anilines is 2. The number of hydrogen-bond acceptors (Lipinski definition) is 5. The minimum atomic E-state index is -1.32. The number of rotatable bonds is 8. The van der Waals surface area contributed by atoms with Gasteiger partial charge in [-0.3, -0.25) is 9.48 Å². The number of ether oxygens (including phenoxy) is 1. The Morgan fingerprint density at radius 1 is 1.10 bits per heavy atom. The highest BCUT2D eigenvalue weighted by Gasteiger charge is 2.22. The predicted molar refractivity (Wildman–Crippen MR) is 162 cm³/mol. The van der Waals surface area contributed by atoms with Crippen LogP contribution in [0.15, 0.2) is 49.1 Å². The molecule has 212 valence electrons. The molecule has 0 saturated carbocycles. The first-order valence-electron chi connectivity index (χ1n) is 13.1. The van der Waals surface area contributed by atoms with Gasteiger partial charge in [-0.15, -0.1) is 0 Å². The third-order valence-corrected chi connectivity index (χ3v) is 7.31. The van der Waals surface area contributed by atoms with Crippen LogP contribution in [0.4, 0.5) is 11.4 Å². The summed E-state index contributed by atoms with van der Waals surface area (Å²) in [6.07, 6.45) is 7.10. The lowest BCUT2D eigenvalue weighted by Gasteiger charge is -2.24. The van der Waals surface area contributed by atoms with Crippen molar-refractivity contribution in [2.75, 3.05) is 23.4 Å². The third-order valence-electron chi connectivity index (χ3n) is 6.80. The zero-order chi connectivity index (χ0) is 29.4. The Labute approximate surface area is 238 Å². The highest BCUT2D eigenvalue weighted by atomic mass is 32.2. The fourth-order valence-electron chi connectivity index (χ4n) is 4.62. The van der Waals surface area contributed by atoms with Gasteiger partial charge in [0, 0.05) is 35.3 Å². The van der Waals surface area contributed by atoms with E-state index in [9.17, 15) is 9.00 Å². The van der Waals surface area contributed by atoms with Crippen LogP contribution >= 0.6 is 0 Å². The summed E-state index contributed by atoms with van der Waals surface area (Å²) in [5, 5.41) is 7.52. The second-order valence-corrected chi connectivity index (χ2v) is 12.3. The van der Waals surface area contributed by atoms with Gasteiger partial charge in [-0.2, -0.15) is 5.10 Å². The Bertz CT molecular complexity index is 1580. The van der Waals surface area contributed by atoms with E-state index in [-0.39, 0.29) is 17.4 Å². The van der Waals surface area contributed by atoms with E-state index < -0.39 is 11.0 Å². The number of amides is 1. The Kier molecular flexibility index (Phi) is 8.20. The van der Waals surface area contributed by atoms with E-state index in [2.05, 4.69) is 54.7 Å². The Balaban J connectivity index is 1.68. The molecule has 0 radical (unpaired) electrons. The van der Waals surface area contributed by atoms with Crippen molar-refractivity contribution in [2.24, 2.45) is 0 Å². The molecule has 0 bridgehead atoms. The molecule has 0 aliphatic carbocycles. The largest absolute Gasteiger partial charge is 0.492 e. The number of carbonyl (C=O) groups excluding carboxylic acids is 1. The van der Waals surface area contributed by atoms with Gasteiger partial charge in [-0.25, -0.2) is 9.19 Å². The molecular weight excluding hydrogens is 524 g/mol. The smallest absolute Gasteiger partial charge is 0.255 e. The monoisotopic (exact) mass is 562 g/mol. The van der Waals surface area contributed by atoms with Crippen LogP contribution < -0.4 is 14.8 Å². The minimum absolute atomic E-state index is 0.211. The molecule has 10 heteroatoms. The van der Waals surface area contributed by atoms with Crippen molar-refractivity contribution in [1.29, 1.82) is 0 Å². The van der Waals surface area contributed by atoms with Crippen molar-refractivity contribution < 1.29 is 13.7 Å². The average molecular weight is 563 g/mol. The molecule has 0 aliphatic heterocycles. The molecule has 1 amide bonds. The highest BCUT2D eigenvalue weighted by molar-refractivity contribution is 7.85. The van der Waals surface area contributed by atoms with Crippen molar-refractivity contribution in [1.82, 2.24) is 19.3 Å². The number of aryl methyl sites for hydroxylation is 1. The molecule has 40 heavy (non-hydrogen) atoms. The van der Waals surface area contributed by atoms with Gasteiger partial charge < -0.3 is 19.3 Å². The number of hydrogen-bond donors (Lipinski definition) is 2. The van der Waals surface area contributed by atoms with Gasteiger partial charge in [-0.05, 0) is 68.5 Å². The first-order valence-corrected chi connectivity index (χ1v) is 14.7. The molecule has 2 aromatic heterocycles. The average Bonchev–Trinajstić information content (AvgIpc) is 3.50. The number of nitrogens with one attached hydrogen (secondary N) is 2. The van der Waals surface area contributed by atoms with Crippen molar-refractivity contribution in [3.05, 3.63) is 71.4 Å². The first kappa shape index (κ1) is 29.1. The summed E-state index contributed by atoms with van der Waals surface area (Å²) in [6, 6.07) is 9.62. The third kappa shape index (κ3) is 5.96. The molecule has 0 saturated heterocycles. The van der Waals surface area contributed by atoms with Crippen LogP contribution in [0.25, 0.3) is 16.9 Å². The maximum Gasteiger partial charge on any atom is 0.255 e. The standard InChI is InChI=1S/C30H38N6O3S/c1-18(2)36-20(4)23(15-32-36)26-16-35(17-31-26)27-12-21(11-10-19(27)3)29(37)33-24-13-22(30(5,6)7)14-25(28(24)39-8)34-40(9)38/h10-18,34H,1-9H3,(H,33,37). The second-order valence-electron chi connectivity index (χ2n) is 11.2. The number of aromatic nitrogens is 4. The fourth-order valence-corrected chi connectivity index (χ4v) is 5.08. The van der Waals surface area contributed by atoms with Crippen LogP contribution in [-0.4, -0.2) is 42.8 Å². The van der Waals surface area contributed by atoms with Crippen molar-refractivity contribution in [3.8, 4) is 22.7 Å². The summed E-state index contributed by atoms with van der Waals surface area (Å²) in [6.45, 7) is 14.5. The Hall–Kier alpha value is -3.92. The van der Waals surface area contributed by atoms with Crippen LogP contribution in [-0.2, 0) is 16.4 Å². The summed E-state index contributed by atoms with van der Waals surface area (Å²) in [4.78, 5) is 18.2. The molecule has 9 nitrogen and oxygen atoms in total. The predicted octanol–water partition coefficient (Wildman–Crippen LogP) is 6.20. The van der Waals surface area contributed by atoms with Crippen LogP contribution in [0.3, 0.4) is 0 Å². The second kappa shape index (κ2) is 11.3. The zero-order valence-corrected chi connectivity index (χ0v) is 25.4. The number of benzene rings is 2. The van der Waals surface area contributed by atoms with Crippen LogP contribution in [0.1, 0.15) is 67.8 Å². The molecular formula is C30H38N6O3S. The zero-order valence-electron chi connectivity index (χ0n) is 24.6. The summed E-state index contributed by atoms with van der Waals surface area (Å²) in [5.74, 6) is 0.129. The molecule has 2 N–H and O–H groups in total. The molecule has 1 unspecified atom stereocenters. The minimum Gasteiger partial charge on any atom is -0.492 e. The van der Waals surface area contributed by atoms with E-state index >= 15 is 0 Å². The Morgan fingerprint density at radius 2 is 1.80 bits per heavy atom. The van der Waals surface area contributed by atoms with E-state index in [1.807, 2.05) is 59.8 Å². The maximum absolute atomic E-state index is 13.5. The van der Waals surface area contributed by atoms with Crippen LogP contribution in [0.2, 0.25) is 0 Å². The maximum atomic E-state index is 13.5. The topological polar surface area (TPSA) is 103 Å². The molecule has 0 aliphatic rings. The van der Waals surface area contributed by atoms with Gasteiger partial charge in [0.05, 0.1) is 42.4 Å². The van der Waals surface area contributed by atoms with Gasteiger partial charge in [0.25, 0.3) is 5.91 Å². The summed E-state index contributed by atoms with van der Waals surface area (Å²) in [5.41, 5.74) is 6.97. The molecule has 0 fully saturated rings. The van der Waals surface area contributed by atoms with Gasteiger partial charge in [0.2, 0.25) is 0 Å². The van der Waals surface area contributed by atoms with E-state index in [1.165, 1.54) is 7.11 Å². The lowest BCUT2D eigenvalue weighted by atomic mass is 9.86. The van der Waals surface area contributed by atoms with Crippen LogP contribution in [0.5, 0.6) is 5.75 Å². The lowest BCUT2D eigenvalue weighted by Crippen LogP contribution is -2.17. The van der Waals surface area contributed by atoms with Crippen LogP contribution in [0, 0.1) is 13.8 Å². The number of methoxy groups -OCH3 is 1. The number of carbonyl (C=O) groups is 1. The first-order chi connectivity index (χ1) is 18.8. The van der Waals surface area contributed by atoms with Gasteiger partial charge >= 0.3 is 0 Å².